The second-order valence-corrected chi connectivity index (χ2v) is 5.39. The van der Waals surface area contributed by atoms with Crippen LogP contribution < -0.4 is 23.6 Å². The maximum absolute atomic E-state index is 5.99. The largest absolute Gasteiger partial charge is 1.00 e. The predicted octanol–water partition coefficient (Wildman–Crippen LogP) is 1.89. The van der Waals surface area contributed by atoms with Crippen LogP contribution in [0.1, 0.15) is 30.7 Å². The van der Waals surface area contributed by atoms with Crippen molar-refractivity contribution in [1.82, 2.24) is 5.16 Å². The van der Waals surface area contributed by atoms with E-state index in [0.717, 1.165) is 37.1 Å². The van der Waals surface area contributed by atoms with E-state index < -0.39 is 0 Å². The second-order valence-electron chi connectivity index (χ2n) is 4.57. The Morgan fingerprint density at radius 3 is 2.52 bits per heavy atom. The monoisotopic (exact) mass is 319 g/mol. The third-order valence-electron chi connectivity index (χ3n) is 2.84. The van der Waals surface area contributed by atoms with Gasteiger partial charge in [-0.05, 0) is 36.2 Å². The van der Waals surface area contributed by atoms with Crippen LogP contribution in [-0.4, -0.2) is 11.8 Å². The first kappa shape index (κ1) is 18.5. The molecule has 0 atom stereocenters. The van der Waals surface area contributed by atoms with Crippen LogP contribution in [0.15, 0.2) is 22.7 Å². The number of halogens is 2. The SMILES string of the molecule is Cc1cc(CCCCCOc2c(Cl)c[c-]cc2Cl)on1.[Li+]. The standard InChI is InChI=1S/C15H16Cl2NO2.Li/c1-11-10-12(20-18-11)6-3-2-4-9-19-15-13(16)7-5-8-14(15)17;/h7-8,10H,2-4,6,9H2,1H3;/q-1;+1. The quantitative estimate of drug-likeness (QED) is 0.444. The van der Waals surface area contributed by atoms with Crippen LogP contribution in [0.3, 0.4) is 0 Å². The fourth-order valence-electron chi connectivity index (χ4n) is 1.86. The molecular weight excluding hydrogens is 304 g/mol. The Hall–Kier alpha value is -0.593. The molecule has 0 aliphatic carbocycles. The molecule has 0 aliphatic heterocycles. The van der Waals surface area contributed by atoms with E-state index in [1.54, 1.807) is 12.1 Å². The number of hydrogen-bond donors (Lipinski definition) is 0. The predicted molar refractivity (Wildman–Crippen MR) is 79.6 cm³/mol. The molecule has 0 radical (unpaired) electrons. The molecule has 1 aromatic carbocycles. The van der Waals surface area contributed by atoms with Crippen LogP contribution in [-0.2, 0) is 6.42 Å². The normalized spacial score (nSPS) is 10.2. The molecule has 1 aromatic heterocycles. The minimum Gasteiger partial charge on any atom is -0.516 e. The van der Waals surface area contributed by atoms with Gasteiger partial charge in [0.25, 0.3) is 0 Å². The molecule has 6 heteroatoms. The zero-order valence-electron chi connectivity index (χ0n) is 12.3. The molecule has 21 heavy (non-hydrogen) atoms. The molecule has 1 heterocycles. The first-order chi connectivity index (χ1) is 9.66. The number of ether oxygens (including phenoxy) is 1. The average Bonchev–Trinajstić information content (AvgIpc) is 2.82. The van der Waals surface area contributed by atoms with E-state index >= 15 is 0 Å². The average molecular weight is 320 g/mol. The van der Waals surface area contributed by atoms with E-state index in [-0.39, 0.29) is 18.9 Å². The van der Waals surface area contributed by atoms with Gasteiger partial charge in [0.1, 0.15) is 5.76 Å². The van der Waals surface area contributed by atoms with Crippen molar-refractivity contribution in [3.8, 4) is 5.75 Å². The zero-order valence-corrected chi connectivity index (χ0v) is 13.8. The summed E-state index contributed by atoms with van der Waals surface area (Å²) in [5.74, 6) is 1.48. The molecule has 3 nitrogen and oxygen atoms in total. The van der Waals surface area contributed by atoms with Crippen LogP contribution in [0.25, 0.3) is 0 Å². The fraction of sp³-hybridized carbons (Fsp3) is 0.400. The smallest absolute Gasteiger partial charge is 0.516 e. The summed E-state index contributed by atoms with van der Waals surface area (Å²) in [6, 6.07) is 8.10. The third-order valence-corrected chi connectivity index (χ3v) is 3.41. The summed E-state index contributed by atoms with van der Waals surface area (Å²) in [5, 5.41) is 4.85. The van der Waals surface area contributed by atoms with E-state index in [1.807, 2.05) is 13.0 Å². The molecule has 0 spiro atoms. The Morgan fingerprint density at radius 1 is 1.19 bits per heavy atom. The number of unbranched alkanes of at least 4 members (excludes halogenated alkanes) is 2. The number of aromatic nitrogens is 1. The molecule has 0 saturated heterocycles. The minimum atomic E-state index is 0. The minimum absolute atomic E-state index is 0. The Bertz CT molecular complexity index is 540. The van der Waals surface area contributed by atoms with E-state index in [0.29, 0.717) is 22.4 Å². The Morgan fingerprint density at radius 2 is 1.90 bits per heavy atom. The van der Waals surface area contributed by atoms with Gasteiger partial charge in [-0.1, -0.05) is 5.16 Å². The second kappa shape index (κ2) is 9.43. The Balaban J connectivity index is 0.00000220. The van der Waals surface area contributed by atoms with Crippen molar-refractivity contribution >= 4 is 23.2 Å². The summed E-state index contributed by atoms with van der Waals surface area (Å²) in [5.41, 5.74) is 0.925. The summed E-state index contributed by atoms with van der Waals surface area (Å²) >= 11 is 12.0. The van der Waals surface area contributed by atoms with Gasteiger partial charge in [0.15, 0.2) is 0 Å². The summed E-state index contributed by atoms with van der Waals surface area (Å²) < 4.78 is 10.8. The van der Waals surface area contributed by atoms with Crippen molar-refractivity contribution in [2.75, 3.05) is 6.61 Å². The fourth-order valence-corrected chi connectivity index (χ4v) is 2.34. The van der Waals surface area contributed by atoms with Gasteiger partial charge in [-0.25, -0.2) is 0 Å². The number of hydrogen-bond acceptors (Lipinski definition) is 3. The molecular formula is C15H16Cl2LiNO2. The Kier molecular flexibility index (Phi) is 8.29. The number of aryl methyl sites for hydroxylation is 2. The topological polar surface area (TPSA) is 35.3 Å². The van der Waals surface area contributed by atoms with E-state index in [1.165, 1.54) is 0 Å². The van der Waals surface area contributed by atoms with Crippen LogP contribution in [0.2, 0.25) is 10.0 Å². The number of nitrogens with zero attached hydrogens (tertiary/aromatic N) is 1. The van der Waals surface area contributed by atoms with Gasteiger partial charge in [0.2, 0.25) is 0 Å². The van der Waals surface area contributed by atoms with Crippen molar-refractivity contribution in [3.63, 3.8) is 0 Å². The first-order valence-corrected chi connectivity index (χ1v) is 7.32. The molecule has 2 aromatic rings. The van der Waals surface area contributed by atoms with Gasteiger partial charge in [0, 0.05) is 18.2 Å². The third kappa shape index (κ3) is 5.96. The van der Waals surface area contributed by atoms with Crippen molar-refractivity contribution in [2.24, 2.45) is 0 Å². The van der Waals surface area contributed by atoms with Gasteiger partial charge in [0.05, 0.1) is 12.3 Å². The van der Waals surface area contributed by atoms with Crippen LogP contribution >= 0.6 is 23.2 Å². The molecule has 0 unspecified atom stereocenters. The molecule has 0 aliphatic rings. The van der Waals surface area contributed by atoms with Crippen LogP contribution in [0, 0.1) is 13.0 Å². The summed E-state index contributed by atoms with van der Waals surface area (Å²) in [6.07, 6.45) is 3.94. The van der Waals surface area contributed by atoms with Gasteiger partial charge < -0.3 is 9.26 Å². The van der Waals surface area contributed by atoms with Crippen molar-refractivity contribution in [1.29, 1.82) is 0 Å². The molecule has 0 amide bonds. The van der Waals surface area contributed by atoms with Crippen molar-refractivity contribution in [2.45, 2.75) is 32.6 Å². The van der Waals surface area contributed by atoms with E-state index in [2.05, 4.69) is 11.2 Å². The van der Waals surface area contributed by atoms with Crippen molar-refractivity contribution < 1.29 is 28.1 Å². The molecule has 2 rings (SSSR count). The molecule has 0 N–H and O–H groups in total. The van der Waals surface area contributed by atoms with Gasteiger partial charge >= 0.3 is 18.9 Å². The maximum Gasteiger partial charge on any atom is 1.00 e. The van der Waals surface area contributed by atoms with Gasteiger partial charge in [-0.2, -0.15) is 41.4 Å². The van der Waals surface area contributed by atoms with Gasteiger partial charge in [-0.3, -0.25) is 0 Å². The van der Waals surface area contributed by atoms with Crippen LogP contribution in [0.5, 0.6) is 5.75 Å². The summed E-state index contributed by atoms with van der Waals surface area (Å²) in [4.78, 5) is 0. The molecule has 108 valence electrons. The first-order valence-electron chi connectivity index (χ1n) is 6.57. The molecule has 0 bridgehead atoms. The van der Waals surface area contributed by atoms with Crippen LogP contribution in [0.4, 0.5) is 0 Å². The van der Waals surface area contributed by atoms with E-state index in [9.17, 15) is 0 Å². The number of rotatable bonds is 7. The molecule has 0 saturated carbocycles. The summed E-state index contributed by atoms with van der Waals surface area (Å²) in [6.45, 7) is 2.52. The van der Waals surface area contributed by atoms with E-state index in [4.69, 9.17) is 32.5 Å². The number of benzene rings is 1. The maximum atomic E-state index is 5.99. The van der Waals surface area contributed by atoms with Crippen molar-refractivity contribution in [3.05, 3.63) is 45.8 Å². The summed E-state index contributed by atoms with van der Waals surface area (Å²) in [7, 11) is 0. The zero-order chi connectivity index (χ0) is 14.4. The molecule has 0 fully saturated rings. The van der Waals surface area contributed by atoms with Gasteiger partial charge in [-0.15, -0.1) is 0 Å². The Labute approximate surface area is 147 Å².